The van der Waals surface area contributed by atoms with Gasteiger partial charge in [-0.1, -0.05) is 5.16 Å². The lowest BCUT2D eigenvalue weighted by atomic mass is 10.5. The van der Waals surface area contributed by atoms with E-state index >= 15 is 0 Å². The molecule has 1 aromatic heterocycles. The van der Waals surface area contributed by atoms with Crippen molar-refractivity contribution in [3.63, 3.8) is 0 Å². The first-order chi connectivity index (χ1) is 4.22. The maximum atomic E-state index is 10.7. The average molecular weight is 145 g/mol. The molecule has 50 valence electrons. The van der Waals surface area contributed by atoms with Crippen molar-refractivity contribution >= 4 is 10.8 Å². The molecule has 0 saturated heterocycles. The molecule has 0 aliphatic carbocycles. The molecule has 0 N–H and O–H groups in total. The highest BCUT2D eigenvalue weighted by atomic mass is 32.2. The first-order valence-electron chi connectivity index (χ1n) is 2.46. The lowest BCUT2D eigenvalue weighted by Gasteiger charge is -1.85. The summed E-state index contributed by atoms with van der Waals surface area (Å²) in [7, 11) is -0.966. The van der Waals surface area contributed by atoms with Crippen LogP contribution in [-0.2, 0) is 10.8 Å². The summed E-state index contributed by atoms with van der Waals surface area (Å²) in [5.41, 5.74) is 0. The molecule has 0 radical (unpaired) electrons. The minimum atomic E-state index is -0.966. The Balaban J connectivity index is 3.08. The van der Waals surface area contributed by atoms with Gasteiger partial charge in [-0.25, -0.2) is 0 Å². The summed E-state index contributed by atoms with van der Waals surface area (Å²) in [4.78, 5) is 0.676. The SMILES string of the molecule is Cc1oncc1S(C)=O. The molecule has 4 heteroatoms. The Morgan fingerprint density at radius 2 is 2.44 bits per heavy atom. The van der Waals surface area contributed by atoms with E-state index in [0.29, 0.717) is 10.7 Å². The average Bonchev–Trinajstić information content (AvgIpc) is 2.13. The van der Waals surface area contributed by atoms with Crippen LogP contribution in [0.4, 0.5) is 0 Å². The fourth-order valence-corrected chi connectivity index (χ4v) is 1.20. The minimum Gasteiger partial charge on any atom is -0.360 e. The summed E-state index contributed by atoms with van der Waals surface area (Å²) in [6, 6.07) is 0. The van der Waals surface area contributed by atoms with E-state index in [1.807, 2.05) is 0 Å². The van der Waals surface area contributed by atoms with Crippen molar-refractivity contribution in [1.29, 1.82) is 0 Å². The molecule has 1 aromatic rings. The molecule has 0 bridgehead atoms. The van der Waals surface area contributed by atoms with Crippen molar-refractivity contribution in [1.82, 2.24) is 5.16 Å². The summed E-state index contributed by atoms with van der Waals surface area (Å²) in [6.07, 6.45) is 3.07. The summed E-state index contributed by atoms with van der Waals surface area (Å²) in [5, 5.41) is 3.47. The maximum Gasteiger partial charge on any atom is 0.149 e. The highest BCUT2D eigenvalue weighted by Crippen LogP contribution is 2.08. The zero-order chi connectivity index (χ0) is 6.85. The molecule has 0 aromatic carbocycles. The fraction of sp³-hybridized carbons (Fsp3) is 0.400. The van der Waals surface area contributed by atoms with Gasteiger partial charge in [-0.15, -0.1) is 0 Å². The van der Waals surface area contributed by atoms with Crippen LogP contribution in [0.1, 0.15) is 5.76 Å². The predicted molar refractivity (Wildman–Crippen MR) is 33.6 cm³/mol. The molecule has 0 spiro atoms. The second-order valence-corrected chi connectivity index (χ2v) is 3.05. The van der Waals surface area contributed by atoms with Crippen LogP contribution in [-0.4, -0.2) is 15.6 Å². The normalized spacial score (nSPS) is 13.6. The van der Waals surface area contributed by atoms with Gasteiger partial charge in [0.15, 0.2) is 0 Å². The van der Waals surface area contributed by atoms with E-state index < -0.39 is 10.8 Å². The van der Waals surface area contributed by atoms with Crippen LogP contribution in [0.3, 0.4) is 0 Å². The first kappa shape index (κ1) is 6.48. The van der Waals surface area contributed by atoms with Gasteiger partial charge in [0.05, 0.1) is 17.0 Å². The van der Waals surface area contributed by atoms with E-state index in [1.165, 1.54) is 6.20 Å². The van der Waals surface area contributed by atoms with Gasteiger partial charge in [0.25, 0.3) is 0 Å². The van der Waals surface area contributed by atoms with Crippen LogP contribution in [0.15, 0.2) is 15.6 Å². The first-order valence-corrected chi connectivity index (χ1v) is 4.02. The van der Waals surface area contributed by atoms with Gasteiger partial charge in [-0.05, 0) is 6.92 Å². The van der Waals surface area contributed by atoms with E-state index in [-0.39, 0.29) is 0 Å². The van der Waals surface area contributed by atoms with Crippen molar-refractivity contribution in [2.24, 2.45) is 0 Å². The summed E-state index contributed by atoms with van der Waals surface area (Å²) < 4.78 is 15.4. The predicted octanol–water partition coefficient (Wildman–Crippen LogP) is 0.720. The van der Waals surface area contributed by atoms with Crippen molar-refractivity contribution < 1.29 is 8.73 Å². The van der Waals surface area contributed by atoms with Crippen LogP contribution in [0.5, 0.6) is 0 Å². The van der Waals surface area contributed by atoms with Crippen LogP contribution in [0.25, 0.3) is 0 Å². The summed E-state index contributed by atoms with van der Waals surface area (Å²) in [5.74, 6) is 0.635. The molecular weight excluding hydrogens is 138 g/mol. The van der Waals surface area contributed by atoms with E-state index in [1.54, 1.807) is 13.2 Å². The Kier molecular flexibility index (Phi) is 1.66. The third-order valence-corrected chi connectivity index (χ3v) is 2.03. The van der Waals surface area contributed by atoms with Crippen molar-refractivity contribution in [2.45, 2.75) is 11.8 Å². The second kappa shape index (κ2) is 2.31. The van der Waals surface area contributed by atoms with E-state index in [9.17, 15) is 4.21 Å². The highest BCUT2D eigenvalue weighted by Gasteiger charge is 2.04. The third-order valence-electron chi connectivity index (χ3n) is 1.02. The van der Waals surface area contributed by atoms with Crippen molar-refractivity contribution in [3.8, 4) is 0 Å². The molecular formula is C5H7NO2S. The van der Waals surface area contributed by atoms with Gasteiger partial charge < -0.3 is 4.52 Å². The number of aromatic nitrogens is 1. The van der Waals surface area contributed by atoms with Gasteiger partial charge in [-0.3, -0.25) is 4.21 Å². The second-order valence-electron chi connectivity index (χ2n) is 1.70. The summed E-state index contributed by atoms with van der Waals surface area (Å²) in [6.45, 7) is 1.74. The number of hydrogen-bond donors (Lipinski definition) is 0. The minimum absolute atomic E-state index is 0.635. The van der Waals surface area contributed by atoms with Gasteiger partial charge >= 0.3 is 0 Å². The highest BCUT2D eigenvalue weighted by molar-refractivity contribution is 7.84. The fourth-order valence-electron chi connectivity index (χ4n) is 0.566. The van der Waals surface area contributed by atoms with Crippen LogP contribution < -0.4 is 0 Å². The summed E-state index contributed by atoms with van der Waals surface area (Å²) >= 11 is 0. The number of hydrogen-bond acceptors (Lipinski definition) is 3. The Hall–Kier alpha value is -0.640. The smallest absolute Gasteiger partial charge is 0.149 e. The third kappa shape index (κ3) is 1.18. The lowest BCUT2D eigenvalue weighted by Crippen LogP contribution is -1.85. The molecule has 1 rings (SSSR count). The molecule has 0 saturated carbocycles. The van der Waals surface area contributed by atoms with E-state index in [0.717, 1.165) is 0 Å². The number of nitrogens with zero attached hydrogens (tertiary/aromatic N) is 1. The monoisotopic (exact) mass is 145 g/mol. The van der Waals surface area contributed by atoms with E-state index in [4.69, 9.17) is 0 Å². The molecule has 0 fully saturated rings. The molecule has 0 aliphatic rings. The zero-order valence-corrected chi connectivity index (χ0v) is 6.07. The molecule has 0 aliphatic heterocycles. The topological polar surface area (TPSA) is 43.1 Å². The van der Waals surface area contributed by atoms with Gasteiger partial charge in [0, 0.05) is 6.26 Å². The number of rotatable bonds is 1. The Morgan fingerprint density at radius 3 is 2.67 bits per heavy atom. The quantitative estimate of drug-likeness (QED) is 0.584. The van der Waals surface area contributed by atoms with Crippen molar-refractivity contribution in [2.75, 3.05) is 6.26 Å². The Morgan fingerprint density at radius 1 is 1.78 bits per heavy atom. The van der Waals surface area contributed by atoms with E-state index in [2.05, 4.69) is 9.68 Å². The largest absolute Gasteiger partial charge is 0.360 e. The van der Waals surface area contributed by atoms with Gasteiger partial charge in [-0.2, -0.15) is 0 Å². The van der Waals surface area contributed by atoms with Crippen molar-refractivity contribution in [3.05, 3.63) is 12.0 Å². The van der Waals surface area contributed by atoms with Crippen LogP contribution >= 0.6 is 0 Å². The van der Waals surface area contributed by atoms with Gasteiger partial charge in [0.1, 0.15) is 10.7 Å². The molecule has 0 amide bonds. The molecule has 1 heterocycles. The standard InChI is InChI=1S/C5H7NO2S/c1-4-5(9(2)7)3-6-8-4/h3H,1-2H3. The molecule has 1 atom stereocenters. The van der Waals surface area contributed by atoms with Crippen LogP contribution in [0.2, 0.25) is 0 Å². The maximum absolute atomic E-state index is 10.7. The zero-order valence-electron chi connectivity index (χ0n) is 5.25. The molecule has 9 heavy (non-hydrogen) atoms. The molecule has 1 unspecified atom stereocenters. The van der Waals surface area contributed by atoms with Crippen LogP contribution in [0, 0.1) is 6.92 Å². The Bertz CT molecular complexity index is 231. The van der Waals surface area contributed by atoms with Gasteiger partial charge in [0.2, 0.25) is 0 Å². The lowest BCUT2D eigenvalue weighted by molar-refractivity contribution is 0.394. The Labute approximate surface area is 55.5 Å². The molecule has 3 nitrogen and oxygen atoms in total. The number of aryl methyl sites for hydroxylation is 1.